The van der Waals surface area contributed by atoms with Gasteiger partial charge >= 0.3 is 0 Å². The molecule has 0 aliphatic carbocycles. The molecule has 27 heavy (non-hydrogen) atoms. The summed E-state index contributed by atoms with van der Waals surface area (Å²) in [5.41, 5.74) is 3.28. The molecule has 2 aromatic carbocycles. The second-order valence-electron chi connectivity index (χ2n) is 6.43. The highest BCUT2D eigenvalue weighted by atomic mass is 32.2. The van der Waals surface area contributed by atoms with E-state index in [1.807, 2.05) is 26.0 Å². The first kappa shape index (κ1) is 20.8. The largest absolute Gasteiger partial charge is 0.497 e. The number of anilines is 2. The molecule has 0 aromatic heterocycles. The third-order valence-electron chi connectivity index (χ3n) is 4.38. The van der Waals surface area contributed by atoms with Crippen molar-refractivity contribution < 1.29 is 17.9 Å². The van der Waals surface area contributed by atoms with Crippen LogP contribution in [-0.4, -0.2) is 34.2 Å². The number of carbonyl (C=O) groups is 1. The van der Waals surface area contributed by atoms with Crippen LogP contribution in [0.1, 0.15) is 24.0 Å². The molecular formula is C20H26N2O4S. The predicted octanol–water partition coefficient (Wildman–Crippen LogP) is 3.50. The minimum atomic E-state index is -3.43. The number of rotatable bonds is 8. The van der Waals surface area contributed by atoms with Crippen LogP contribution >= 0.6 is 0 Å². The summed E-state index contributed by atoms with van der Waals surface area (Å²) in [7, 11) is -1.85. The molecule has 0 saturated carbocycles. The van der Waals surface area contributed by atoms with Crippen molar-refractivity contribution in [1.29, 1.82) is 0 Å². The molecule has 0 atom stereocenters. The van der Waals surface area contributed by atoms with Gasteiger partial charge in [0.05, 0.1) is 19.1 Å². The van der Waals surface area contributed by atoms with Crippen LogP contribution < -0.4 is 14.4 Å². The van der Waals surface area contributed by atoms with Crippen LogP contribution in [0, 0.1) is 13.8 Å². The van der Waals surface area contributed by atoms with E-state index in [4.69, 9.17) is 4.74 Å². The molecule has 7 heteroatoms. The highest BCUT2D eigenvalue weighted by molar-refractivity contribution is 7.92. The number of methoxy groups -OCH3 is 1. The second kappa shape index (κ2) is 8.90. The van der Waals surface area contributed by atoms with E-state index in [-0.39, 0.29) is 18.9 Å². The van der Waals surface area contributed by atoms with Crippen LogP contribution in [0.25, 0.3) is 0 Å². The molecule has 6 nitrogen and oxygen atoms in total. The average molecular weight is 391 g/mol. The predicted molar refractivity (Wildman–Crippen MR) is 109 cm³/mol. The number of hydrogen-bond acceptors (Lipinski definition) is 4. The zero-order chi connectivity index (χ0) is 20.0. The van der Waals surface area contributed by atoms with Crippen molar-refractivity contribution in [2.45, 2.75) is 26.7 Å². The molecule has 2 aromatic rings. The van der Waals surface area contributed by atoms with Crippen molar-refractivity contribution in [2.75, 3.05) is 29.5 Å². The Bertz CT molecular complexity index is 893. The first-order chi connectivity index (χ1) is 12.7. The van der Waals surface area contributed by atoms with Crippen LogP contribution in [0.5, 0.6) is 5.75 Å². The number of ether oxygens (including phenoxy) is 1. The molecule has 1 amide bonds. The molecule has 0 aliphatic rings. The monoisotopic (exact) mass is 390 g/mol. The van der Waals surface area contributed by atoms with E-state index in [9.17, 15) is 13.2 Å². The van der Waals surface area contributed by atoms with Gasteiger partial charge in [0.1, 0.15) is 5.75 Å². The molecule has 2 rings (SSSR count). The Balaban J connectivity index is 1.99. The highest BCUT2D eigenvalue weighted by Crippen LogP contribution is 2.25. The van der Waals surface area contributed by atoms with Crippen LogP contribution in [0.15, 0.2) is 42.5 Å². The van der Waals surface area contributed by atoms with Gasteiger partial charge in [-0.25, -0.2) is 8.42 Å². The Morgan fingerprint density at radius 2 is 1.78 bits per heavy atom. The summed E-state index contributed by atoms with van der Waals surface area (Å²) in [6.07, 6.45) is 1.83. The Kier molecular flexibility index (Phi) is 6.85. The van der Waals surface area contributed by atoms with Gasteiger partial charge in [0.2, 0.25) is 15.9 Å². The van der Waals surface area contributed by atoms with Crippen LogP contribution in [-0.2, 0) is 14.8 Å². The lowest BCUT2D eigenvalue weighted by molar-refractivity contribution is -0.116. The van der Waals surface area contributed by atoms with Gasteiger partial charge in [-0.15, -0.1) is 0 Å². The van der Waals surface area contributed by atoms with E-state index in [1.165, 1.54) is 10.6 Å². The first-order valence-electron chi connectivity index (χ1n) is 8.70. The molecule has 0 aliphatic heterocycles. The molecule has 0 bridgehead atoms. The number of amides is 1. The van der Waals surface area contributed by atoms with Gasteiger partial charge in [-0.2, -0.15) is 0 Å². The minimum Gasteiger partial charge on any atom is -0.497 e. The molecule has 0 spiro atoms. The zero-order valence-corrected chi connectivity index (χ0v) is 17.0. The lowest BCUT2D eigenvalue weighted by Gasteiger charge is -2.24. The first-order valence-corrected chi connectivity index (χ1v) is 10.5. The third-order valence-corrected chi connectivity index (χ3v) is 5.56. The topological polar surface area (TPSA) is 75.7 Å². The number of benzene rings is 2. The molecule has 0 saturated heterocycles. The number of aryl methyl sites for hydroxylation is 1. The van der Waals surface area contributed by atoms with Gasteiger partial charge in [0.15, 0.2) is 0 Å². The van der Waals surface area contributed by atoms with Gasteiger partial charge < -0.3 is 10.1 Å². The summed E-state index contributed by atoms with van der Waals surface area (Å²) in [5, 5.41) is 2.80. The molecule has 0 unspecified atom stereocenters. The quantitative estimate of drug-likeness (QED) is 0.749. The van der Waals surface area contributed by atoms with Gasteiger partial charge in [-0.05, 0) is 61.7 Å². The van der Waals surface area contributed by atoms with E-state index in [2.05, 4.69) is 5.32 Å². The summed E-state index contributed by atoms with van der Waals surface area (Å²) in [6, 6.07) is 12.6. The van der Waals surface area contributed by atoms with Crippen molar-refractivity contribution in [2.24, 2.45) is 0 Å². The lowest BCUT2D eigenvalue weighted by atomic mass is 10.1. The van der Waals surface area contributed by atoms with Gasteiger partial charge in [-0.1, -0.05) is 12.1 Å². The number of hydrogen-bond donors (Lipinski definition) is 1. The Hall–Kier alpha value is -2.54. The third kappa shape index (κ3) is 5.72. The molecule has 0 heterocycles. The zero-order valence-electron chi connectivity index (χ0n) is 16.2. The Labute approximate surface area is 161 Å². The van der Waals surface area contributed by atoms with Crippen molar-refractivity contribution in [1.82, 2.24) is 0 Å². The normalized spacial score (nSPS) is 11.1. The second-order valence-corrected chi connectivity index (χ2v) is 8.34. The summed E-state index contributed by atoms with van der Waals surface area (Å²) in [5.74, 6) is 0.555. The van der Waals surface area contributed by atoms with Crippen LogP contribution in [0.4, 0.5) is 11.4 Å². The van der Waals surface area contributed by atoms with E-state index in [1.54, 1.807) is 37.4 Å². The fraction of sp³-hybridized carbons (Fsp3) is 0.350. The fourth-order valence-corrected chi connectivity index (χ4v) is 3.77. The van der Waals surface area contributed by atoms with Crippen molar-refractivity contribution in [3.63, 3.8) is 0 Å². The summed E-state index contributed by atoms with van der Waals surface area (Å²) < 4.78 is 30.9. The SMILES string of the molecule is COc1ccc(NC(=O)CCCN(c2cccc(C)c2C)S(C)(=O)=O)cc1. The van der Waals surface area contributed by atoms with Crippen molar-refractivity contribution in [3.8, 4) is 5.75 Å². The highest BCUT2D eigenvalue weighted by Gasteiger charge is 2.19. The molecule has 0 fully saturated rings. The smallest absolute Gasteiger partial charge is 0.232 e. The maximum absolute atomic E-state index is 12.2. The molecule has 0 radical (unpaired) electrons. The van der Waals surface area contributed by atoms with E-state index >= 15 is 0 Å². The summed E-state index contributed by atoms with van der Waals surface area (Å²) in [6.45, 7) is 4.10. The molecular weight excluding hydrogens is 364 g/mol. The Morgan fingerprint density at radius 3 is 2.37 bits per heavy atom. The number of nitrogens with one attached hydrogen (secondary N) is 1. The van der Waals surface area contributed by atoms with Gasteiger partial charge in [0, 0.05) is 18.7 Å². The average Bonchev–Trinajstić information content (AvgIpc) is 2.61. The van der Waals surface area contributed by atoms with E-state index in [0.29, 0.717) is 23.5 Å². The minimum absolute atomic E-state index is 0.158. The molecule has 1 N–H and O–H groups in total. The number of carbonyl (C=O) groups excluding carboxylic acids is 1. The number of sulfonamides is 1. The summed E-state index contributed by atoms with van der Waals surface area (Å²) >= 11 is 0. The molecule has 146 valence electrons. The van der Waals surface area contributed by atoms with E-state index < -0.39 is 10.0 Å². The standard InChI is InChI=1S/C20H26N2O4S/c1-15-7-5-8-19(16(15)2)22(27(4,24)25)14-6-9-20(23)21-17-10-12-18(26-3)13-11-17/h5,7-8,10-13H,6,9,14H2,1-4H3,(H,21,23). The fourth-order valence-electron chi connectivity index (χ4n) is 2.75. The maximum Gasteiger partial charge on any atom is 0.232 e. The van der Waals surface area contributed by atoms with Crippen molar-refractivity contribution in [3.05, 3.63) is 53.6 Å². The van der Waals surface area contributed by atoms with Gasteiger partial charge in [-0.3, -0.25) is 9.10 Å². The van der Waals surface area contributed by atoms with Gasteiger partial charge in [0.25, 0.3) is 0 Å². The Morgan fingerprint density at radius 1 is 1.11 bits per heavy atom. The van der Waals surface area contributed by atoms with E-state index in [0.717, 1.165) is 11.1 Å². The van der Waals surface area contributed by atoms with Crippen molar-refractivity contribution >= 4 is 27.3 Å². The number of nitrogens with zero attached hydrogens (tertiary/aromatic N) is 1. The van der Waals surface area contributed by atoms with Crippen LogP contribution in [0.3, 0.4) is 0 Å². The maximum atomic E-state index is 12.2. The lowest BCUT2D eigenvalue weighted by Crippen LogP contribution is -2.32. The van der Waals surface area contributed by atoms with Crippen LogP contribution in [0.2, 0.25) is 0 Å². The summed E-state index contributed by atoms with van der Waals surface area (Å²) in [4.78, 5) is 12.1.